The van der Waals surface area contributed by atoms with Crippen molar-refractivity contribution in [3.8, 4) is 0 Å². The van der Waals surface area contributed by atoms with Crippen molar-refractivity contribution in [1.82, 2.24) is 4.90 Å². The van der Waals surface area contributed by atoms with Gasteiger partial charge in [0.05, 0.1) is 0 Å². The minimum atomic E-state index is -0.950. The highest BCUT2D eigenvalue weighted by atomic mass is 19.1. The van der Waals surface area contributed by atoms with Gasteiger partial charge in [0.15, 0.2) is 0 Å². The lowest BCUT2D eigenvalue weighted by atomic mass is 9.75. The number of likely N-dealkylation sites (tertiary alicyclic amines) is 1. The summed E-state index contributed by atoms with van der Waals surface area (Å²) in [5.74, 6) is 0. The Balaban J connectivity index is 1.88. The molecule has 3 nitrogen and oxygen atoms in total. The third-order valence-electron chi connectivity index (χ3n) is 4.46. The molecule has 0 spiro atoms. The minimum Gasteiger partial charge on any atom is -0.444 e. The molecule has 0 aromatic heterocycles. The van der Waals surface area contributed by atoms with E-state index in [2.05, 4.69) is 6.92 Å². The minimum absolute atomic E-state index is 0.0756. The number of piperidine rings is 1. The van der Waals surface area contributed by atoms with Crippen LogP contribution in [0.1, 0.15) is 58.7 Å². The first kappa shape index (κ1) is 17.8. The van der Waals surface area contributed by atoms with Crippen molar-refractivity contribution in [2.45, 2.75) is 58.7 Å². The molecular weight excluding hydrogens is 293 g/mol. The molecule has 23 heavy (non-hydrogen) atoms. The maximum absolute atomic E-state index is 14.5. The topological polar surface area (TPSA) is 29.5 Å². The Morgan fingerprint density at radius 3 is 2.35 bits per heavy atom. The average Bonchev–Trinajstić information content (AvgIpc) is 2.46. The second kappa shape index (κ2) is 6.90. The Bertz CT molecular complexity index is 516. The summed E-state index contributed by atoms with van der Waals surface area (Å²) in [6, 6.07) is 9.32. The molecule has 1 aromatic rings. The predicted octanol–water partition coefficient (Wildman–Crippen LogP) is 5.12. The zero-order chi connectivity index (χ0) is 17.1. The molecule has 0 N–H and O–H groups in total. The molecule has 4 heteroatoms. The zero-order valence-corrected chi connectivity index (χ0v) is 14.6. The van der Waals surface area contributed by atoms with Crippen LogP contribution in [-0.4, -0.2) is 29.7 Å². The average molecular weight is 321 g/mol. The number of hydrogen-bond acceptors (Lipinski definition) is 2. The number of nitrogens with zero attached hydrogens (tertiary/aromatic N) is 1. The van der Waals surface area contributed by atoms with Gasteiger partial charge in [-0.05, 0) is 51.0 Å². The number of carbonyl (C=O) groups excluding carboxylic acids is 1. The monoisotopic (exact) mass is 321 g/mol. The van der Waals surface area contributed by atoms with E-state index in [-0.39, 0.29) is 11.5 Å². The van der Waals surface area contributed by atoms with E-state index >= 15 is 0 Å². The lowest BCUT2D eigenvalue weighted by Crippen LogP contribution is -2.44. The van der Waals surface area contributed by atoms with E-state index in [0.717, 1.165) is 18.4 Å². The van der Waals surface area contributed by atoms with Gasteiger partial charge in [-0.1, -0.05) is 37.3 Å². The Morgan fingerprint density at radius 1 is 1.26 bits per heavy atom. The summed E-state index contributed by atoms with van der Waals surface area (Å²) in [5.41, 5.74) is 0.187. The first-order valence-electron chi connectivity index (χ1n) is 8.35. The normalized spacial score (nSPS) is 19.3. The van der Waals surface area contributed by atoms with Gasteiger partial charge in [-0.15, -0.1) is 0 Å². The Kier molecular flexibility index (Phi) is 5.33. The molecule has 0 radical (unpaired) electrons. The van der Waals surface area contributed by atoms with Crippen molar-refractivity contribution < 1.29 is 13.9 Å². The van der Waals surface area contributed by atoms with Crippen LogP contribution in [-0.2, 0) is 4.74 Å². The molecule has 128 valence electrons. The Hall–Kier alpha value is -1.58. The van der Waals surface area contributed by atoms with Crippen LogP contribution in [0.4, 0.5) is 9.18 Å². The fourth-order valence-electron chi connectivity index (χ4n) is 2.97. The van der Waals surface area contributed by atoms with Crippen molar-refractivity contribution in [3.63, 3.8) is 0 Å². The number of halogens is 1. The second-order valence-corrected chi connectivity index (χ2v) is 7.86. The molecule has 1 unspecified atom stereocenters. The van der Waals surface area contributed by atoms with Crippen LogP contribution in [0.5, 0.6) is 0 Å². The summed E-state index contributed by atoms with van der Waals surface area (Å²) < 4.78 is 19.9. The van der Waals surface area contributed by atoms with Crippen molar-refractivity contribution in [3.05, 3.63) is 35.9 Å². The van der Waals surface area contributed by atoms with E-state index in [1.54, 1.807) is 4.90 Å². The number of amides is 1. The van der Waals surface area contributed by atoms with Gasteiger partial charge in [-0.2, -0.15) is 0 Å². The highest BCUT2D eigenvalue weighted by Crippen LogP contribution is 2.40. The van der Waals surface area contributed by atoms with E-state index in [4.69, 9.17) is 4.74 Å². The van der Waals surface area contributed by atoms with Gasteiger partial charge >= 0.3 is 6.09 Å². The second-order valence-electron chi connectivity index (χ2n) is 7.86. The van der Waals surface area contributed by atoms with Crippen molar-refractivity contribution >= 4 is 6.09 Å². The molecule has 1 atom stereocenters. The molecule has 2 rings (SSSR count). The fourth-order valence-corrected chi connectivity index (χ4v) is 2.97. The molecule has 0 saturated carbocycles. The fraction of sp³-hybridized carbons (Fsp3) is 0.632. The molecular formula is C19H28FNO2. The van der Waals surface area contributed by atoms with Crippen molar-refractivity contribution in [1.29, 1.82) is 0 Å². The largest absolute Gasteiger partial charge is 0.444 e. The van der Waals surface area contributed by atoms with E-state index in [1.807, 2.05) is 51.1 Å². The summed E-state index contributed by atoms with van der Waals surface area (Å²) in [7, 11) is 0. The quantitative estimate of drug-likeness (QED) is 0.773. The molecule has 0 bridgehead atoms. The van der Waals surface area contributed by atoms with Crippen molar-refractivity contribution in [2.75, 3.05) is 13.1 Å². The molecule has 1 aliphatic rings. The number of ether oxygens (including phenoxy) is 1. The van der Waals surface area contributed by atoms with Crippen LogP contribution >= 0.6 is 0 Å². The standard InChI is InChI=1S/C19H28FNO2/c1-18(2,3)23-17(22)21-12-10-19(4,11-13-21)14-16(20)15-8-6-5-7-9-15/h5-9,16H,10-14H2,1-4H3. The van der Waals surface area contributed by atoms with E-state index in [9.17, 15) is 9.18 Å². The van der Waals surface area contributed by atoms with Gasteiger partial charge in [-0.25, -0.2) is 9.18 Å². The number of hydrogen-bond donors (Lipinski definition) is 0. The Labute approximate surface area is 138 Å². The lowest BCUT2D eigenvalue weighted by Gasteiger charge is -2.40. The molecule has 1 fully saturated rings. The lowest BCUT2D eigenvalue weighted by molar-refractivity contribution is 0.00838. The molecule has 0 aliphatic carbocycles. The summed E-state index contributed by atoms with van der Waals surface area (Å²) in [6.07, 6.45) is 0.895. The van der Waals surface area contributed by atoms with Crippen LogP contribution in [0.3, 0.4) is 0 Å². The number of rotatable bonds is 3. The van der Waals surface area contributed by atoms with Gasteiger partial charge in [0.2, 0.25) is 0 Å². The van der Waals surface area contributed by atoms with E-state index in [0.29, 0.717) is 19.5 Å². The zero-order valence-electron chi connectivity index (χ0n) is 14.6. The van der Waals surface area contributed by atoms with Crippen LogP contribution in [0.2, 0.25) is 0 Å². The molecule has 1 saturated heterocycles. The molecule has 1 aromatic carbocycles. The smallest absolute Gasteiger partial charge is 0.410 e. The maximum Gasteiger partial charge on any atom is 0.410 e. The van der Waals surface area contributed by atoms with Crippen LogP contribution in [0, 0.1) is 5.41 Å². The maximum atomic E-state index is 14.5. The van der Waals surface area contributed by atoms with E-state index < -0.39 is 11.8 Å². The first-order valence-corrected chi connectivity index (χ1v) is 8.35. The molecule has 1 amide bonds. The van der Waals surface area contributed by atoms with Crippen LogP contribution in [0.25, 0.3) is 0 Å². The first-order chi connectivity index (χ1) is 10.7. The van der Waals surface area contributed by atoms with E-state index in [1.165, 1.54) is 0 Å². The van der Waals surface area contributed by atoms with Crippen LogP contribution in [0.15, 0.2) is 30.3 Å². The summed E-state index contributed by atoms with van der Waals surface area (Å²) in [4.78, 5) is 13.8. The van der Waals surface area contributed by atoms with Gasteiger partial charge in [0.1, 0.15) is 11.8 Å². The third-order valence-corrected chi connectivity index (χ3v) is 4.46. The SMILES string of the molecule is CC1(CC(F)c2ccccc2)CCN(C(=O)OC(C)(C)C)CC1. The summed E-state index contributed by atoms with van der Waals surface area (Å²) in [5, 5.41) is 0. The summed E-state index contributed by atoms with van der Waals surface area (Å²) in [6.45, 7) is 8.99. The predicted molar refractivity (Wildman–Crippen MR) is 90.1 cm³/mol. The molecule has 1 heterocycles. The van der Waals surface area contributed by atoms with Gasteiger partial charge in [0, 0.05) is 13.1 Å². The third kappa shape index (κ3) is 5.22. The number of benzene rings is 1. The highest BCUT2D eigenvalue weighted by molar-refractivity contribution is 5.68. The number of carbonyl (C=O) groups is 1. The highest BCUT2D eigenvalue weighted by Gasteiger charge is 2.35. The van der Waals surface area contributed by atoms with Gasteiger partial charge < -0.3 is 9.64 Å². The summed E-state index contributed by atoms with van der Waals surface area (Å²) >= 11 is 0. The Morgan fingerprint density at radius 2 is 1.83 bits per heavy atom. The van der Waals surface area contributed by atoms with Crippen molar-refractivity contribution in [2.24, 2.45) is 5.41 Å². The number of alkyl halides is 1. The molecule has 1 aliphatic heterocycles. The van der Waals surface area contributed by atoms with Gasteiger partial charge in [0.25, 0.3) is 0 Å². The van der Waals surface area contributed by atoms with Gasteiger partial charge in [-0.3, -0.25) is 0 Å². The van der Waals surface area contributed by atoms with Crippen LogP contribution < -0.4 is 0 Å².